The van der Waals surface area contributed by atoms with Crippen molar-refractivity contribution in [2.45, 2.75) is 19.1 Å². The van der Waals surface area contributed by atoms with Crippen LogP contribution in [0.5, 0.6) is 11.5 Å². The number of hydrogen-bond donors (Lipinski definition) is 5. The number of nitrogens with one attached hydrogen (secondary N) is 3. The van der Waals surface area contributed by atoms with Gasteiger partial charge in [-0.1, -0.05) is 30.3 Å². The molecule has 2 aromatic rings. The van der Waals surface area contributed by atoms with Crippen LogP contribution in [0.3, 0.4) is 0 Å². The highest BCUT2D eigenvalue weighted by Gasteiger charge is 2.24. The second-order valence-corrected chi connectivity index (χ2v) is 8.79. The SMILES string of the molecule is Cl.N=C(N)c1ccc(CNC(CO)C(=O)NCC(=O)N2CCN(Cc3ccc4c(c3)OCO4)CC2)cc1. The van der Waals surface area contributed by atoms with Gasteiger partial charge in [-0.05, 0) is 23.3 Å². The lowest BCUT2D eigenvalue weighted by atomic mass is 10.1. The zero-order valence-electron chi connectivity index (χ0n) is 20.4. The summed E-state index contributed by atoms with van der Waals surface area (Å²) in [7, 11) is 0. The Hall–Kier alpha value is -3.38. The minimum Gasteiger partial charge on any atom is -0.454 e. The van der Waals surface area contributed by atoms with Gasteiger partial charge in [-0.3, -0.25) is 25.2 Å². The minimum atomic E-state index is -0.844. The summed E-state index contributed by atoms with van der Waals surface area (Å²) < 4.78 is 10.8. The monoisotopic (exact) mass is 532 g/mol. The molecule has 2 heterocycles. The molecule has 37 heavy (non-hydrogen) atoms. The first-order valence-electron chi connectivity index (χ1n) is 11.9. The fourth-order valence-electron chi connectivity index (χ4n) is 4.13. The molecule has 2 aliphatic rings. The van der Waals surface area contributed by atoms with Crippen molar-refractivity contribution in [2.24, 2.45) is 5.73 Å². The number of amides is 2. The summed E-state index contributed by atoms with van der Waals surface area (Å²) in [5.74, 6) is 0.921. The summed E-state index contributed by atoms with van der Waals surface area (Å²) in [5, 5.41) is 22.7. The number of benzene rings is 2. The van der Waals surface area contributed by atoms with Crippen molar-refractivity contribution in [1.29, 1.82) is 5.41 Å². The molecule has 0 aliphatic carbocycles. The summed E-state index contributed by atoms with van der Waals surface area (Å²) in [6, 6.07) is 12.1. The third kappa shape index (κ3) is 7.56. The van der Waals surface area contributed by atoms with E-state index < -0.39 is 18.6 Å². The normalized spacial score (nSPS) is 15.5. The van der Waals surface area contributed by atoms with Crippen LogP contribution in [0.1, 0.15) is 16.7 Å². The Morgan fingerprint density at radius 2 is 1.70 bits per heavy atom. The van der Waals surface area contributed by atoms with Crippen LogP contribution in [0.15, 0.2) is 42.5 Å². The maximum Gasteiger partial charge on any atom is 0.242 e. The van der Waals surface area contributed by atoms with Crippen LogP contribution < -0.4 is 25.8 Å². The molecule has 0 aromatic heterocycles. The second-order valence-electron chi connectivity index (χ2n) is 8.79. The first kappa shape index (κ1) is 28.2. The van der Waals surface area contributed by atoms with Crippen LogP contribution in [0.4, 0.5) is 0 Å². The van der Waals surface area contributed by atoms with E-state index >= 15 is 0 Å². The predicted molar refractivity (Wildman–Crippen MR) is 140 cm³/mol. The summed E-state index contributed by atoms with van der Waals surface area (Å²) in [4.78, 5) is 29.1. The largest absolute Gasteiger partial charge is 0.454 e. The standard InChI is InChI=1S/C25H32N6O5.ClH/c26-24(27)19-4-1-17(2-5-19)12-28-20(15-32)25(34)29-13-23(33)31-9-7-30(8-10-31)14-18-3-6-21-22(11-18)36-16-35-21;/h1-6,11,20,28,32H,7-10,12-16H2,(H3,26,27)(H,29,34);1H. The number of fused-ring (bicyclic) bond motifs is 1. The molecule has 2 amide bonds. The van der Waals surface area contributed by atoms with Crippen LogP contribution in [0.2, 0.25) is 0 Å². The molecular weight excluding hydrogens is 500 g/mol. The van der Waals surface area contributed by atoms with E-state index in [0.717, 1.165) is 42.3 Å². The molecule has 1 saturated heterocycles. The van der Waals surface area contributed by atoms with E-state index in [1.54, 1.807) is 29.2 Å². The van der Waals surface area contributed by atoms with Crippen LogP contribution in [0, 0.1) is 5.41 Å². The van der Waals surface area contributed by atoms with Crippen molar-refractivity contribution < 1.29 is 24.2 Å². The molecule has 2 aliphatic heterocycles. The number of nitrogen functional groups attached to an aromatic ring is 1. The van der Waals surface area contributed by atoms with Crippen molar-refractivity contribution in [3.05, 3.63) is 59.2 Å². The average Bonchev–Trinajstić information content (AvgIpc) is 3.36. The number of aliphatic hydroxyl groups is 1. The Morgan fingerprint density at radius 1 is 1.03 bits per heavy atom. The Morgan fingerprint density at radius 3 is 2.38 bits per heavy atom. The minimum absolute atomic E-state index is 0. The second kappa shape index (κ2) is 13.2. The summed E-state index contributed by atoms with van der Waals surface area (Å²) in [6.45, 7) is 3.47. The van der Waals surface area contributed by atoms with Gasteiger partial charge in [0.2, 0.25) is 18.6 Å². The number of nitrogens with zero attached hydrogens (tertiary/aromatic N) is 2. The summed E-state index contributed by atoms with van der Waals surface area (Å²) >= 11 is 0. The third-order valence-electron chi connectivity index (χ3n) is 6.30. The highest BCUT2D eigenvalue weighted by Crippen LogP contribution is 2.32. The van der Waals surface area contributed by atoms with Gasteiger partial charge in [0.05, 0.1) is 13.2 Å². The molecule has 0 spiro atoms. The number of nitrogens with two attached hydrogens (primary N) is 1. The first-order chi connectivity index (χ1) is 17.4. The van der Waals surface area contributed by atoms with Crippen LogP contribution >= 0.6 is 12.4 Å². The van der Waals surface area contributed by atoms with Gasteiger partial charge in [-0.25, -0.2) is 0 Å². The fraction of sp³-hybridized carbons (Fsp3) is 0.400. The van der Waals surface area contributed by atoms with Crippen LogP contribution in [-0.2, 0) is 22.7 Å². The molecular formula is C25H33ClN6O5. The molecule has 1 atom stereocenters. The molecule has 0 bridgehead atoms. The number of amidine groups is 1. The van der Waals surface area contributed by atoms with E-state index in [1.807, 2.05) is 18.2 Å². The Balaban J connectivity index is 0.00000380. The van der Waals surface area contributed by atoms with E-state index in [9.17, 15) is 14.7 Å². The number of halogens is 1. The van der Waals surface area contributed by atoms with Gasteiger partial charge in [-0.15, -0.1) is 12.4 Å². The van der Waals surface area contributed by atoms with Gasteiger partial charge in [0.15, 0.2) is 11.5 Å². The molecule has 0 saturated carbocycles. The van der Waals surface area contributed by atoms with E-state index in [2.05, 4.69) is 15.5 Å². The average molecular weight is 533 g/mol. The van der Waals surface area contributed by atoms with Gasteiger partial charge >= 0.3 is 0 Å². The van der Waals surface area contributed by atoms with Crippen molar-refractivity contribution in [3.63, 3.8) is 0 Å². The van der Waals surface area contributed by atoms with Crippen LogP contribution in [-0.4, -0.2) is 84.7 Å². The number of hydrogen-bond acceptors (Lipinski definition) is 8. The van der Waals surface area contributed by atoms with Crippen molar-refractivity contribution >= 4 is 30.1 Å². The zero-order valence-corrected chi connectivity index (χ0v) is 21.3. The predicted octanol–water partition coefficient (Wildman–Crippen LogP) is 0.0323. The van der Waals surface area contributed by atoms with E-state index in [4.69, 9.17) is 20.6 Å². The molecule has 2 aromatic carbocycles. The molecule has 11 nitrogen and oxygen atoms in total. The van der Waals surface area contributed by atoms with E-state index in [0.29, 0.717) is 25.2 Å². The van der Waals surface area contributed by atoms with Gasteiger partial charge in [0.1, 0.15) is 11.9 Å². The van der Waals surface area contributed by atoms with E-state index in [1.165, 1.54) is 0 Å². The number of piperazine rings is 1. The van der Waals surface area contributed by atoms with Gasteiger partial charge in [-0.2, -0.15) is 0 Å². The first-order valence-corrected chi connectivity index (χ1v) is 11.9. The lowest BCUT2D eigenvalue weighted by molar-refractivity contribution is -0.135. The third-order valence-corrected chi connectivity index (χ3v) is 6.30. The Bertz CT molecular complexity index is 1090. The van der Waals surface area contributed by atoms with Gasteiger partial charge in [0.25, 0.3) is 0 Å². The van der Waals surface area contributed by atoms with Crippen molar-refractivity contribution in [1.82, 2.24) is 20.4 Å². The molecule has 0 radical (unpaired) electrons. The molecule has 4 rings (SSSR count). The van der Waals surface area contributed by atoms with Gasteiger partial charge in [0, 0.05) is 44.8 Å². The van der Waals surface area contributed by atoms with Crippen LogP contribution in [0.25, 0.3) is 0 Å². The fourth-order valence-corrected chi connectivity index (χ4v) is 4.13. The Kier molecular flexibility index (Phi) is 10.1. The molecule has 200 valence electrons. The van der Waals surface area contributed by atoms with Gasteiger partial charge < -0.3 is 30.5 Å². The topological polar surface area (TPSA) is 153 Å². The summed E-state index contributed by atoms with van der Waals surface area (Å²) in [5.41, 5.74) is 8.07. The lowest BCUT2D eigenvalue weighted by Gasteiger charge is -2.35. The lowest BCUT2D eigenvalue weighted by Crippen LogP contribution is -2.53. The number of carbonyl (C=O) groups is 2. The zero-order chi connectivity index (χ0) is 25.5. The highest BCUT2D eigenvalue weighted by atomic mass is 35.5. The number of rotatable bonds is 10. The van der Waals surface area contributed by atoms with Crippen molar-refractivity contribution in [2.75, 3.05) is 46.1 Å². The maximum atomic E-state index is 12.6. The van der Waals surface area contributed by atoms with E-state index in [-0.39, 0.29) is 37.5 Å². The highest BCUT2D eigenvalue weighted by molar-refractivity contribution is 5.94. The maximum absolute atomic E-state index is 12.6. The molecule has 1 fully saturated rings. The summed E-state index contributed by atoms with van der Waals surface area (Å²) in [6.07, 6.45) is 0. The number of carbonyl (C=O) groups excluding carboxylic acids is 2. The Labute approximate surface area is 221 Å². The molecule has 12 heteroatoms. The molecule has 6 N–H and O–H groups in total. The number of aliphatic hydroxyl groups excluding tert-OH is 1. The molecule has 1 unspecified atom stereocenters. The van der Waals surface area contributed by atoms with Crippen molar-refractivity contribution in [3.8, 4) is 11.5 Å². The quantitative estimate of drug-likeness (QED) is 0.212. The number of ether oxygens (including phenoxy) is 2. The smallest absolute Gasteiger partial charge is 0.242 e.